The van der Waals surface area contributed by atoms with Crippen LogP contribution in [0.3, 0.4) is 0 Å². The number of alkyl halides is 3. The summed E-state index contributed by atoms with van der Waals surface area (Å²) < 4.78 is 27.4. The van der Waals surface area contributed by atoms with E-state index < -0.39 is 5.92 Å². The fraction of sp³-hybridized carbons (Fsp3) is 0.714. The van der Waals surface area contributed by atoms with Crippen LogP contribution in [0.2, 0.25) is 0 Å². The molecule has 0 N–H and O–H groups in total. The van der Waals surface area contributed by atoms with Gasteiger partial charge in [-0.3, -0.25) is 0 Å². The number of hydrogen-bond acceptors (Lipinski definition) is 2. The summed E-state index contributed by atoms with van der Waals surface area (Å²) in [5, 5.41) is 7.40. The molecular weight excluding hydrogens is 200 g/mol. The van der Waals surface area contributed by atoms with Crippen molar-refractivity contribution in [3.05, 3.63) is 11.6 Å². The van der Waals surface area contributed by atoms with Crippen molar-refractivity contribution in [2.24, 2.45) is 0 Å². The first-order chi connectivity index (χ1) is 6.12. The lowest BCUT2D eigenvalue weighted by molar-refractivity contribution is -0.0240. The first-order valence-electron chi connectivity index (χ1n) is 3.97. The Bertz CT molecular complexity index is 324. The van der Waals surface area contributed by atoms with E-state index in [1.165, 1.54) is 0 Å². The van der Waals surface area contributed by atoms with Crippen LogP contribution in [-0.2, 0) is 18.8 Å². The first-order valence-corrected chi connectivity index (χ1v) is 4.50. The average Bonchev–Trinajstić information content (AvgIpc) is 2.44. The van der Waals surface area contributed by atoms with Crippen LogP contribution in [0, 0.1) is 0 Å². The Morgan fingerprint density at radius 3 is 2.92 bits per heavy atom. The maximum absolute atomic E-state index is 12.9. The molecule has 2 heterocycles. The van der Waals surface area contributed by atoms with Gasteiger partial charge in [0, 0.05) is 13.0 Å². The number of hydrogen-bond donors (Lipinski definition) is 0. The number of aromatic nitrogens is 3. The predicted molar refractivity (Wildman–Crippen MR) is 42.8 cm³/mol. The average molecular weight is 208 g/mol. The van der Waals surface area contributed by atoms with Crippen molar-refractivity contribution in [1.29, 1.82) is 0 Å². The van der Waals surface area contributed by atoms with Gasteiger partial charge in [0.25, 0.3) is 5.92 Å². The highest BCUT2D eigenvalue weighted by atomic mass is 35.5. The zero-order valence-electron chi connectivity index (χ0n) is 6.80. The minimum atomic E-state index is -2.63. The van der Waals surface area contributed by atoms with E-state index in [0.717, 1.165) is 0 Å². The van der Waals surface area contributed by atoms with Crippen LogP contribution in [0.15, 0.2) is 0 Å². The first kappa shape index (κ1) is 8.87. The highest BCUT2D eigenvalue weighted by Crippen LogP contribution is 2.29. The Labute approximate surface area is 78.7 Å². The molecule has 0 saturated heterocycles. The van der Waals surface area contributed by atoms with Crippen molar-refractivity contribution < 1.29 is 8.78 Å². The van der Waals surface area contributed by atoms with E-state index in [9.17, 15) is 8.78 Å². The third-order valence-corrected chi connectivity index (χ3v) is 2.38. The van der Waals surface area contributed by atoms with Gasteiger partial charge in [0.05, 0.1) is 12.3 Å². The third-order valence-electron chi connectivity index (χ3n) is 2.14. The van der Waals surface area contributed by atoms with Gasteiger partial charge in [0.2, 0.25) is 0 Å². The number of fused-ring (bicyclic) bond motifs is 1. The molecule has 0 fully saturated rings. The summed E-state index contributed by atoms with van der Waals surface area (Å²) in [4.78, 5) is 0. The van der Waals surface area contributed by atoms with Crippen molar-refractivity contribution in [3.8, 4) is 0 Å². The highest BCUT2D eigenvalue weighted by molar-refractivity contribution is 6.16. The minimum absolute atomic E-state index is 0.151. The summed E-state index contributed by atoms with van der Waals surface area (Å²) in [6.07, 6.45) is -0.473. The minimum Gasteiger partial charge on any atom is -0.314 e. The number of halogens is 3. The molecule has 1 aliphatic heterocycles. The Morgan fingerprint density at radius 1 is 1.46 bits per heavy atom. The van der Waals surface area contributed by atoms with Crippen molar-refractivity contribution in [2.75, 3.05) is 0 Å². The quantitative estimate of drug-likeness (QED) is 0.655. The van der Waals surface area contributed by atoms with Crippen molar-refractivity contribution in [1.82, 2.24) is 14.8 Å². The van der Waals surface area contributed by atoms with E-state index in [1.807, 2.05) is 0 Å². The van der Waals surface area contributed by atoms with Crippen LogP contribution in [0.5, 0.6) is 0 Å². The molecule has 0 amide bonds. The molecule has 1 aromatic heterocycles. The van der Waals surface area contributed by atoms with Gasteiger partial charge in [-0.05, 0) is 0 Å². The second-order valence-corrected chi connectivity index (χ2v) is 3.37. The van der Waals surface area contributed by atoms with Gasteiger partial charge >= 0.3 is 0 Å². The van der Waals surface area contributed by atoms with Gasteiger partial charge in [-0.1, -0.05) is 0 Å². The normalized spacial score (nSPS) is 19.9. The second-order valence-electron chi connectivity index (χ2n) is 3.10. The molecule has 0 atom stereocenters. The summed E-state index contributed by atoms with van der Waals surface area (Å²) in [5.41, 5.74) is 0. The van der Waals surface area contributed by atoms with E-state index in [2.05, 4.69) is 10.2 Å². The monoisotopic (exact) mass is 207 g/mol. The van der Waals surface area contributed by atoms with Crippen LogP contribution >= 0.6 is 11.6 Å². The van der Waals surface area contributed by atoms with Crippen molar-refractivity contribution in [3.63, 3.8) is 0 Å². The van der Waals surface area contributed by atoms with Gasteiger partial charge in [-0.2, -0.15) is 0 Å². The Hall–Kier alpha value is -0.710. The molecule has 0 unspecified atom stereocenters. The fourth-order valence-corrected chi connectivity index (χ4v) is 1.65. The van der Waals surface area contributed by atoms with E-state index in [1.54, 1.807) is 4.57 Å². The van der Waals surface area contributed by atoms with Gasteiger partial charge in [0.15, 0.2) is 0 Å². The van der Waals surface area contributed by atoms with Gasteiger partial charge in [0.1, 0.15) is 11.6 Å². The number of nitrogens with zero attached hydrogens (tertiary/aromatic N) is 3. The molecule has 0 bridgehead atoms. The topological polar surface area (TPSA) is 30.7 Å². The lowest BCUT2D eigenvalue weighted by Gasteiger charge is -2.22. The fourth-order valence-electron chi connectivity index (χ4n) is 1.46. The predicted octanol–water partition coefficient (Wildman–Crippen LogP) is 1.60. The molecule has 6 heteroatoms. The molecule has 72 valence electrons. The van der Waals surface area contributed by atoms with Crippen LogP contribution < -0.4 is 0 Å². The molecule has 0 radical (unpaired) electrons. The Morgan fingerprint density at radius 2 is 2.23 bits per heavy atom. The summed E-state index contributed by atoms with van der Waals surface area (Å²) >= 11 is 5.57. The summed E-state index contributed by atoms with van der Waals surface area (Å²) in [6.45, 7) is 0.261. The van der Waals surface area contributed by atoms with E-state index >= 15 is 0 Å². The molecule has 0 spiro atoms. The van der Waals surface area contributed by atoms with Gasteiger partial charge in [-0.15, -0.1) is 21.8 Å². The van der Waals surface area contributed by atoms with Crippen LogP contribution in [0.1, 0.15) is 18.1 Å². The third kappa shape index (κ3) is 1.52. The molecular formula is C7H8ClF2N3. The summed E-state index contributed by atoms with van der Waals surface area (Å²) in [6, 6.07) is 0. The van der Waals surface area contributed by atoms with Crippen molar-refractivity contribution in [2.45, 2.75) is 31.2 Å². The smallest absolute Gasteiger partial charge is 0.256 e. The van der Waals surface area contributed by atoms with E-state index in [-0.39, 0.29) is 25.3 Å². The molecule has 0 aliphatic carbocycles. The molecule has 13 heavy (non-hydrogen) atoms. The zero-order valence-corrected chi connectivity index (χ0v) is 7.56. The summed E-state index contributed by atoms with van der Waals surface area (Å²) in [5.74, 6) is -1.50. The van der Waals surface area contributed by atoms with Crippen LogP contribution in [0.25, 0.3) is 0 Å². The highest BCUT2D eigenvalue weighted by Gasteiger charge is 2.36. The summed E-state index contributed by atoms with van der Waals surface area (Å²) in [7, 11) is 0. The van der Waals surface area contributed by atoms with Crippen LogP contribution in [-0.4, -0.2) is 20.7 Å². The molecule has 0 aromatic carbocycles. The van der Waals surface area contributed by atoms with Gasteiger partial charge in [-0.25, -0.2) is 8.78 Å². The maximum atomic E-state index is 12.9. The standard InChI is InChI=1S/C7H8ClF2N3/c8-4-6-12-11-5-3-7(9,10)1-2-13(5)6/h1-4H2. The lowest BCUT2D eigenvalue weighted by atomic mass is 10.1. The molecule has 0 saturated carbocycles. The lowest BCUT2D eigenvalue weighted by Crippen LogP contribution is -2.30. The second kappa shape index (κ2) is 2.90. The maximum Gasteiger partial charge on any atom is 0.256 e. The number of rotatable bonds is 1. The molecule has 3 nitrogen and oxygen atoms in total. The Balaban J connectivity index is 2.33. The molecule has 2 rings (SSSR count). The van der Waals surface area contributed by atoms with Crippen LogP contribution in [0.4, 0.5) is 8.78 Å². The largest absolute Gasteiger partial charge is 0.314 e. The Kier molecular flexibility index (Phi) is 1.98. The molecule has 1 aliphatic rings. The zero-order chi connectivity index (χ0) is 9.47. The van der Waals surface area contributed by atoms with E-state index in [4.69, 9.17) is 11.6 Å². The molecule has 1 aromatic rings. The van der Waals surface area contributed by atoms with Crippen molar-refractivity contribution >= 4 is 11.6 Å². The SMILES string of the molecule is FC1(F)CCn2c(CCl)nnc2C1. The van der Waals surface area contributed by atoms with E-state index in [0.29, 0.717) is 11.6 Å². The van der Waals surface area contributed by atoms with Gasteiger partial charge < -0.3 is 4.57 Å².